The van der Waals surface area contributed by atoms with Gasteiger partial charge in [-0.05, 0) is 66.9 Å². The quantitative estimate of drug-likeness (QED) is 0.443. The number of fused-ring (bicyclic) bond motifs is 5. The maximum Gasteiger partial charge on any atom is 0.307 e. The van der Waals surface area contributed by atoms with Crippen LogP contribution in [0.5, 0.6) is 0 Å². The van der Waals surface area contributed by atoms with E-state index in [1.165, 1.54) is 0 Å². The molecule has 9 atom stereocenters. The zero-order valence-corrected chi connectivity index (χ0v) is 22.8. The van der Waals surface area contributed by atoms with Crippen molar-refractivity contribution in [2.45, 2.75) is 105 Å². The minimum Gasteiger partial charge on any atom is -0.455 e. The summed E-state index contributed by atoms with van der Waals surface area (Å²) in [5.41, 5.74) is -1.15. The molecule has 6 nitrogen and oxygen atoms in total. The van der Waals surface area contributed by atoms with E-state index in [9.17, 15) is 15.0 Å². The second-order valence-electron chi connectivity index (χ2n) is 14.3. The highest BCUT2D eigenvalue weighted by molar-refractivity contribution is 5.71. The van der Waals surface area contributed by atoms with Crippen molar-refractivity contribution in [2.24, 2.45) is 39.9 Å². The third-order valence-corrected chi connectivity index (χ3v) is 9.86. The van der Waals surface area contributed by atoms with Crippen LogP contribution in [0.15, 0.2) is 23.3 Å². The van der Waals surface area contributed by atoms with E-state index in [1.54, 1.807) is 0 Å². The van der Waals surface area contributed by atoms with Crippen LogP contribution in [0.25, 0.3) is 0 Å². The SMILES string of the molecule is CC1=CC23C(C)CC4C(C(C=C5COC(C)(C)OC5C2(O)C1OC(=O)CC(C)(C)C)C3O)C4(C)C. The molecule has 3 fully saturated rings. The van der Waals surface area contributed by atoms with Crippen molar-refractivity contribution in [2.75, 3.05) is 6.61 Å². The van der Waals surface area contributed by atoms with Gasteiger partial charge in [0.2, 0.25) is 0 Å². The molecule has 2 N–H and O–H groups in total. The van der Waals surface area contributed by atoms with Gasteiger partial charge in [0.05, 0.1) is 24.5 Å². The van der Waals surface area contributed by atoms with Crippen LogP contribution in [-0.4, -0.2) is 52.5 Å². The van der Waals surface area contributed by atoms with Gasteiger partial charge in [0.25, 0.3) is 0 Å². The smallest absolute Gasteiger partial charge is 0.307 e. The summed E-state index contributed by atoms with van der Waals surface area (Å²) in [7, 11) is 0. The summed E-state index contributed by atoms with van der Waals surface area (Å²) >= 11 is 0. The molecular formula is C29H44O6. The van der Waals surface area contributed by atoms with E-state index in [0.29, 0.717) is 18.4 Å². The third kappa shape index (κ3) is 3.46. The van der Waals surface area contributed by atoms with E-state index in [-0.39, 0.29) is 35.1 Å². The Hall–Kier alpha value is -1.21. The van der Waals surface area contributed by atoms with Crippen molar-refractivity contribution in [3.05, 3.63) is 23.3 Å². The first-order valence-electron chi connectivity index (χ1n) is 13.3. The van der Waals surface area contributed by atoms with Gasteiger partial charge in [-0.3, -0.25) is 4.79 Å². The van der Waals surface area contributed by atoms with Gasteiger partial charge in [0.1, 0.15) is 11.7 Å². The Morgan fingerprint density at radius 3 is 2.51 bits per heavy atom. The number of hydrogen-bond acceptors (Lipinski definition) is 6. The second-order valence-corrected chi connectivity index (χ2v) is 14.3. The lowest BCUT2D eigenvalue weighted by molar-refractivity contribution is -0.313. The molecule has 2 saturated carbocycles. The Bertz CT molecular complexity index is 986. The number of rotatable bonds is 2. The minimum absolute atomic E-state index is 0.0367. The molecule has 5 aliphatic rings. The van der Waals surface area contributed by atoms with Crippen molar-refractivity contribution in [1.82, 2.24) is 0 Å². The summed E-state index contributed by atoms with van der Waals surface area (Å²) in [6, 6.07) is 0. The zero-order valence-electron chi connectivity index (χ0n) is 22.8. The zero-order chi connectivity index (χ0) is 25.9. The number of carbonyl (C=O) groups excluding carboxylic acids is 1. The summed E-state index contributed by atoms with van der Waals surface area (Å²) in [5.74, 6) is -0.649. The lowest BCUT2D eigenvalue weighted by Crippen LogP contribution is -2.69. The van der Waals surface area contributed by atoms with Gasteiger partial charge < -0.3 is 24.4 Å². The first-order chi connectivity index (χ1) is 16.0. The van der Waals surface area contributed by atoms with E-state index < -0.39 is 35.1 Å². The molecule has 5 rings (SSSR count). The van der Waals surface area contributed by atoms with Crippen molar-refractivity contribution >= 4 is 5.97 Å². The molecule has 2 bridgehead atoms. The number of hydrogen-bond donors (Lipinski definition) is 2. The summed E-state index contributed by atoms with van der Waals surface area (Å²) in [6.07, 6.45) is 2.81. The molecule has 0 aromatic heterocycles. The van der Waals surface area contributed by atoms with Crippen LogP contribution in [-0.2, 0) is 19.0 Å². The van der Waals surface area contributed by atoms with Crippen molar-refractivity contribution in [1.29, 1.82) is 0 Å². The van der Waals surface area contributed by atoms with Gasteiger partial charge in [-0.15, -0.1) is 0 Å². The predicted octanol–water partition coefficient (Wildman–Crippen LogP) is 4.39. The molecule has 0 amide bonds. The van der Waals surface area contributed by atoms with Gasteiger partial charge in [-0.2, -0.15) is 0 Å². The molecule has 35 heavy (non-hydrogen) atoms. The van der Waals surface area contributed by atoms with Gasteiger partial charge in [-0.1, -0.05) is 53.7 Å². The van der Waals surface area contributed by atoms with Gasteiger partial charge >= 0.3 is 5.97 Å². The maximum atomic E-state index is 13.1. The molecule has 6 heteroatoms. The normalized spacial score (nSPS) is 47.2. The Balaban J connectivity index is 1.67. The van der Waals surface area contributed by atoms with Crippen LogP contribution in [0.3, 0.4) is 0 Å². The fourth-order valence-corrected chi connectivity index (χ4v) is 8.21. The van der Waals surface area contributed by atoms with Gasteiger partial charge in [0.15, 0.2) is 11.9 Å². The largest absolute Gasteiger partial charge is 0.455 e. The Morgan fingerprint density at radius 2 is 1.89 bits per heavy atom. The standard InChI is InChI=1S/C29H44O6/c1-15-12-28-16(2)10-19-21(26(19,6)7)18(22(28)31)11-17-14-33-27(8,9)35-24(17)29(28,32)23(15)34-20(30)13-25(3,4)5/h11-12,16,18-19,21-24,31-32H,10,13-14H2,1-9H3. The molecule has 0 radical (unpaired) electrons. The molecule has 0 aromatic carbocycles. The van der Waals surface area contributed by atoms with Crippen molar-refractivity contribution in [3.63, 3.8) is 0 Å². The highest BCUT2D eigenvalue weighted by Gasteiger charge is 2.77. The molecule has 4 aliphatic carbocycles. The van der Waals surface area contributed by atoms with E-state index in [0.717, 1.165) is 17.6 Å². The monoisotopic (exact) mass is 488 g/mol. The molecule has 196 valence electrons. The number of esters is 1. The predicted molar refractivity (Wildman–Crippen MR) is 132 cm³/mol. The summed E-state index contributed by atoms with van der Waals surface area (Å²) in [4.78, 5) is 13.1. The molecule has 1 heterocycles. The molecule has 1 spiro atoms. The Labute approximate surface area is 210 Å². The Morgan fingerprint density at radius 1 is 1.23 bits per heavy atom. The van der Waals surface area contributed by atoms with Gasteiger partial charge in [-0.25, -0.2) is 0 Å². The average Bonchev–Trinajstić information content (AvgIpc) is 3.19. The van der Waals surface area contributed by atoms with Crippen LogP contribution in [0.2, 0.25) is 0 Å². The lowest BCUT2D eigenvalue weighted by Gasteiger charge is -2.55. The van der Waals surface area contributed by atoms with Crippen LogP contribution in [0.1, 0.15) is 75.2 Å². The molecule has 9 unspecified atom stereocenters. The van der Waals surface area contributed by atoms with Crippen LogP contribution in [0.4, 0.5) is 0 Å². The maximum absolute atomic E-state index is 13.1. The molecule has 1 saturated heterocycles. The van der Waals surface area contributed by atoms with Crippen molar-refractivity contribution < 1.29 is 29.2 Å². The first-order valence-corrected chi connectivity index (χ1v) is 13.3. The number of aliphatic hydroxyl groups is 2. The third-order valence-electron chi connectivity index (χ3n) is 9.86. The molecule has 1 aliphatic heterocycles. The van der Waals surface area contributed by atoms with E-state index in [1.807, 2.05) is 47.6 Å². The number of carbonyl (C=O) groups is 1. The van der Waals surface area contributed by atoms with Crippen LogP contribution >= 0.6 is 0 Å². The molecular weight excluding hydrogens is 444 g/mol. The fourth-order valence-electron chi connectivity index (χ4n) is 8.21. The topological polar surface area (TPSA) is 85.2 Å². The van der Waals surface area contributed by atoms with E-state index in [4.69, 9.17) is 14.2 Å². The minimum atomic E-state index is -1.65. The van der Waals surface area contributed by atoms with E-state index >= 15 is 0 Å². The molecule has 0 aromatic rings. The Kier molecular flexibility index (Phi) is 5.40. The average molecular weight is 489 g/mol. The van der Waals surface area contributed by atoms with Crippen molar-refractivity contribution in [3.8, 4) is 0 Å². The van der Waals surface area contributed by atoms with E-state index in [2.05, 4.69) is 26.8 Å². The summed E-state index contributed by atoms with van der Waals surface area (Å²) in [6.45, 7) is 18.6. The van der Waals surface area contributed by atoms with Crippen LogP contribution in [0, 0.1) is 39.9 Å². The summed E-state index contributed by atoms with van der Waals surface area (Å²) < 4.78 is 18.7. The van der Waals surface area contributed by atoms with Gasteiger partial charge in [0, 0.05) is 5.92 Å². The fraction of sp³-hybridized carbons (Fsp3) is 0.828. The number of ether oxygens (including phenoxy) is 3. The highest BCUT2D eigenvalue weighted by atomic mass is 16.7. The number of aliphatic hydroxyl groups excluding tert-OH is 1. The lowest BCUT2D eigenvalue weighted by atomic mass is 9.58. The second kappa shape index (κ2) is 7.43. The van der Waals surface area contributed by atoms with Crippen LogP contribution < -0.4 is 0 Å². The highest BCUT2D eigenvalue weighted by Crippen LogP contribution is 2.73. The summed E-state index contributed by atoms with van der Waals surface area (Å²) in [5, 5.41) is 25.2. The first kappa shape index (κ1) is 25.4.